The number of aliphatic carboxylic acids is 1. The fraction of sp³-hybridized carbons (Fsp3) is 0.600. The van der Waals surface area contributed by atoms with Crippen LogP contribution in [0.1, 0.15) is 67.6 Å². The van der Waals surface area contributed by atoms with Crippen molar-refractivity contribution in [3.05, 3.63) is 41.3 Å². The SMILES string of the molecule is CCCCCCOC(C)N[C@@H](CNC(=O)c1cnn(CCc2ccc3c(n2)NCCC3)c1)C(=O)O. The van der Waals surface area contributed by atoms with Crippen molar-refractivity contribution >= 4 is 17.7 Å². The van der Waals surface area contributed by atoms with Crippen LogP contribution in [0.3, 0.4) is 0 Å². The van der Waals surface area contributed by atoms with Gasteiger partial charge in [0.15, 0.2) is 0 Å². The number of aryl methyl sites for hydroxylation is 3. The Morgan fingerprint density at radius 2 is 2.14 bits per heavy atom. The van der Waals surface area contributed by atoms with E-state index in [2.05, 4.69) is 39.0 Å². The molecule has 1 amide bonds. The molecular formula is C25H38N6O4. The monoisotopic (exact) mass is 486 g/mol. The number of nitrogens with zero attached hydrogens (tertiary/aromatic N) is 3. The average molecular weight is 487 g/mol. The number of anilines is 1. The maximum atomic E-state index is 12.5. The van der Waals surface area contributed by atoms with Crippen molar-refractivity contribution in [2.75, 3.05) is 25.0 Å². The lowest BCUT2D eigenvalue weighted by Gasteiger charge is -2.21. The number of pyridine rings is 1. The third-order valence-electron chi connectivity index (χ3n) is 6.01. The van der Waals surface area contributed by atoms with E-state index in [1.165, 1.54) is 11.8 Å². The van der Waals surface area contributed by atoms with Crippen LogP contribution in [0.15, 0.2) is 24.5 Å². The molecule has 2 atom stereocenters. The molecule has 2 aromatic heterocycles. The Labute approximate surface area is 206 Å². The summed E-state index contributed by atoms with van der Waals surface area (Å²) in [7, 11) is 0. The normalized spacial score (nSPS) is 14.6. The molecule has 0 aromatic carbocycles. The highest BCUT2D eigenvalue weighted by molar-refractivity contribution is 5.94. The Morgan fingerprint density at radius 1 is 1.29 bits per heavy atom. The lowest BCUT2D eigenvalue weighted by atomic mass is 10.1. The number of aromatic nitrogens is 3. The summed E-state index contributed by atoms with van der Waals surface area (Å²) in [5, 5.41) is 22.7. The Morgan fingerprint density at radius 3 is 2.94 bits per heavy atom. The number of rotatable bonds is 15. The maximum Gasteiger partial charge on any atom is 0.322 e. The Bertz CT molecular complexity index is 963. The highest BCUT2D eigenvalue weighted by Gasteiger charge is 2.21. The Hall–Kier alpha value is -2.98. The van der Waals surface area contributed by atoms with Crippen molar-refractivity contribution in [1.82, 2.24) is 25.4 Å². The molecule has 3 heterocycles. The second-order valence-electron chi connectivity index (χ2n) is 8.92. The quantitative estimate of drug-likeness (QED) is 0.223. The van der Waals surface area contributed by atoms with Gasteiger partial charge in [-0.25, -0.2) is 4.98 Å². The smallest absolute Gasteiger partial charge is 0.322 e. The van der Waals surface area contributed by atoms with Gasteiger partial charge in [-0.3, -0.25) is 19.6 Å². The summed E-state index contributed by atoms with van der Waals surface area (Å²) in [5.74, 6) is -0.449. The topological polar surface area (TPSA) is 130 Å². The zero-order chi connectivity index (χ0) is 25.0. The highest BCUT2D eigenvalue weighted by atomic mass is 16.5. The largest absolute Gasteiger partial charge is 0.480 e. The molecule has 3 rings (SSSR count). The van der Waals surface area contributed by atoms with E-state index in [1.54, 1.807) is 17.8 Å². The van der Waals surface area contributed by atoms with Crippen molar-refractivity contribution in [2.45, 2.75) is 77.6 Å². The van der Waals surface area contributed by atoms with Gasteiger partial charge in [-0.1, -0.05) is 32.3 Å². The minimum Gasteiger partial charge on any atom is -0.480 e. The van der Waals surface area contributed by atoms with Crippen LogP contribution in [0.5, 0.6) is 0 Å². The van der Waals surface area contributed by atoms with Gasteiger partial charge in [0.2, 0.25) is 0 Å². The first-order valence-corrected chi connectivity index (χ1v) is 12.6. The highest BCUT2D eigenvalue weighted by Crippen LogP contribution is 2.20. The van der Waals surface area contributed by atoms with E-state index >= 15 is 0 Å². The minimum absolute atomic E-state index is 0.0606. The summed E-state index contributed by atoms with van der Waals surface area (Å²) >= 11 is 0. The van der Waals surface area contributed by atoms with Gasteiger partial charge >= 0.3 is 5.97 Å². The number of unbranched alkanes of at least 4 members (excludes halogenated alkanes) is 3. The number of carbonyl (C=O) groups excluding carboxylic acids is 1. The standard InChI is InChI=1S/C25H38N6O4/c1-3-4-5-6-14-35-18(2)29-22(25(33)34)16-27-24(32)20-15-28-31(17-20)13-11-21-10-9-19-8-7-12-26-23(19)30-21/h9-10,15,17-18,22,29H,3-8,11-14,16H2,1-2H3,(H,26,30)(H,27,32)(H,33,34)/t18?,22-/m0/s1. The van der Waals surface area contributed by atoms with Crippen molar-refractivity contribution < 1.29 is 19.4 Å². The van der Waals surface area contributed by atoms with Crippen LogP contribution in [0.25, 0.3) is 0 Å². The zero-order valence-electron chi connectivity index (χ0n) is 20.8. The van der Waals surface area contributed by atoms with Crippen LogP contribution >= 0.6 is 0 Å². The molecule has 1 unspecified atom stereocenters. The van der Waals surface area contributed by atoms with Crippen LogP contribution in [0.4, 0.5) is 5.82 Å². The molecule has 192 valence electrons. The van der Waals surface area contributed by atoms with E-state index in [9.17, 15) is 14.7 Å². The van der Waals surface area contributed by atoms with E-state index in [0.29, 0.717) is 25.1 Å². The van der Waals surface area contributed by atoms with Gasteiger partial charge in [0.25, 0.3) is 5.91 Å². The first-order valence-electron chi connectivity index (χ1n) is 12.6. The number of carbonyl (C=O) groups is 2. The fourth-order valence-corrected chi connectivity index (χ4v) is 3.97. The number of carboxylic acid groups (broad SMARTS) is 1. The van der Waals surface area contributed by atoms with Crippen LogP contribution < -0.4 is 16.0 Å². The third-order valence-corrected chi connectivity index (χ3v) is 6.01. The van der Waals surface area contributed by atoms with Gasteiger partial charge < -0.3 is 20.5 Å². The predicted molar refractivity (Wildman–Crippen MR) is 133 cm³/mol. The molecule has 1 aliphatic rings. The van der Waals surface area contributed by atoms with Gasteiger partial charge in [-0.2, -0.15) is 5.10 Å². The van der Waals surface area contributed by atoms with Crippen molar-refractivity contribution in [3.8, 4) is 0 Å². The molecule has 0 fully saturated rings. The molecule has 0 aliphatic carbocycles. The van der Waals surface area contributed by atoms with E-state index in [0.717, 1.165) is 56.6 Å². The molecule has 2 aromatic rings. The van der Waals surface area contributed by atoms with E-state index in [-0.39, 0.29) is 12.5 Å². The van der Waals surface area contributed by atoms with E-state index in [1.807, 2.05) is 6.07 Å². The van der Waals surface area contributed by atoms with E-state index < -0.39 is 18.2 Å². The lowest BCUT2D eigenvalue weighted by molar-refractivity contribution is -0.140. The molecule has 1 aliphatic heterocycles. The van der Waals surface area contributed by atoms with Gasteiger partial charge in [0.05, 0.1) is 11.8 Å². The Balaban J connectivity index is 1.43. The average Bonchev–Trinajstić information content (AvgIpc) is 3.34. The molecule has 4 N–H and O–H groups in total. The number of nitrogens with one attached hydrogen (secondary N) is 3. The number of fused-ring (bicyclic) bond motifs is 1. The summed E-state index contributed by atoms with van der Waals surface area (Å²) in [6.07, 6.45) is 9.94. The second kappa shape index (κ2) is 13.8. The molecule has 0 spiro atoms. The maximum absolute atomic E-state index is 12.5. The summed E-state index contributed by atoms with van der Waals surface area (Å²) in [5.41, 5.74) is 2.60. The van der Waals surface area contributed by atoms with Gasteiger partial charge in [-0.15, -0.1) is 0 Å². The van der Waals surface area contributed by atoms with Crippen LogP contribution in [-0.2, 0) is 28.9 Å². The zero-order valence-corrected chi connectivity index (χ0v) is 20.8. The first kappa shape index (κ1) is 26.6. The molecule has 10 heteroatoms. The van der Waals surface area contributed by atoms with Crippen LogP contribution in [-0.4, -0.2) is 63.7 Å². The molecule has 35 heavy (non-hydrogen) atoms. The van der Waals surface area contributed by atoms with Crippen LogP contribution in [0.2, 0.25) is 0 Å². The molecule has 0 bridgehead atoms. The third kappa shape index (κ3) is 8.63. The molecule has 0 radical (unpaired) electrons. The number of carboxylic acids is 1. The number of hydrogen-bond acceptors (Lipinski definition) is 7. The molecule has 10 nitrogen and oxygen atoms in total. The number of amides is 1. The second-order valence-corrected chi connectivity index (χ2v) is 8.92. The Kier molecular flexibility index (Phi) is 10.5. The molecule has 0 saturated heterocycles. The van der Waals surface area contributed by atoms with E-state index in [4.69, 9.17) is 4.74 Å². The van der Waals surface area contributed by atoms with Crippen molar-refractivity contribution in [3.63, 3.8) is 0 Å². The summed E-state index contributed by atoms with van der Waals surface area (Å²) in [6, 6.07) is 3.21. The first-order chi connectivity index (χ1) is 17.0. The van der Waals surface area contributed by atoms with Gasteiger partial charge in [-0.05, 0) is 37.8 Å². The van der Waals surface area contributed by atoms with Gasteiger partial charge in [0, 0.05) is 44.6 Å². The lowest BCUT2D eigenvalue weighted by Crippen LogP contribution is -2.50. The fourth-order valence-electron chi connectivity index (χ4n) is 3.97. The molecule has 0 saturated carbocycles. The predicted octanol–water partition coefficient (Wildman–Crippen LogP) is 2.59. The summed E-state index contributed by atoms with van der Waals surface area (Å²) < 4.78 is 7.35. The van der Waals surface area contributed by atoms with Crippen molar-refractivity contribution in [1.29, 1.82) is 0 Å². The summed E-state index contributed by atoms with van der Waals surface area (Å²) in [6.45, 7) is 5.97. The number of hydrogen-bond donors (Lipinski definition) is 4. The minimum atomic E-state index is -1.05. The number of ether oxygens (including phenoxy) is 1. The van der Waals surface area contributed by atoms with Crippen LogP contribution in [0, 0.1) is 0 Å². The van der Waals surface area contributed by atoms with Gasteiger partial charge in [0.1, 0.15) is 18.1 Å². The van der Waals surface area contributed by atoms with Crippen molar-refractivity contribution in [2.24, 2.45) is 0 Å². The summed E-state index contributed by atoms with van der Waals surface area (Å²) in [4.78, 5) is 28.8. The molecular weight excluding hydrogens is 448 g/mol.